The van der Waals surface area contributed by atoms with E-state index in [0.29, 0.717) is 12.0 Å². The van der Waals surface area contributed by atoms with Crippen LogP contribution < -0.4 is 5.32 Å². The molecule has 0 aliphatic carbocycles. The number of rotatable bonds is 6. The minimum atomic E-state index is -0.174. The highest BCUT2D eigenvalue weighted by Gasteiger charge is 2.22. The van der Waals surface area contributed by atoms with Crippen molar-refractivity contribution >= 4 is 5.97 Å². The van der Waals surface area contributed by atoms with E-state index in [9.17, 15) is 4.79 Å². The van der Waals surface area contributed by atoms with Gasteiger partial charge in [-0.2, -0.15) is 0 Å². The third kappa shape index (κ3) is 7.37. The van der Waals surface area contributed by atoms with Crippen LogP contribution in [-0.2, 0) is 9.53 Å². The minimum absolute atomic E-state index is 0.0406. The second kappa shape index (κ2) is 6.83. The minimum Gasteiger partial charge on any atom is -0.462 e. The van der Waals surface area contributed by atoms with Crippen LogP contribution in [0, 0.1) is 5.92 Å². The van der Waals surface area contributed by atoms with Gasteiger partial charge in [-0.05, 0) is 26.2 Å². The summed E-state index contributed by atoms with van der Waals surface area (Å²) in [5, 5.41) is 3.24. The van der Waals surface area contributed by atoms with E-state index < -0.39 is 0 Å². The SMILES string of the molecule is CC(C)C[C@H](NC(C)C)C(=O)OC(C)C. The fourth-order valence-electron chi connectivity index (χ4n) is 1.42. The molecular formula is C12H25NO2. The van der Waals surface area contributed by atoms with Gasteiger partial charge in [-0.3, -0.25) is 4.79 Å². The predicted molar refractivity (Wildman–Crippen MR) is 62.7 cm³/mol. The number of carbonyl (C=O) groups is 1. The lowest BCUT2D eigenvalue weighted by molar-refractivity contribution is -0.150. The van der Waals surface area contributed by atoms with E-state index >= 15 is 0 Å². The van der Waals surface area contributed by atoms with Crippen LogP contribution in [0.25, 0.3) is 0 Å². The highest BCUT2D eigenvalue weighted by molar-refractivity contribution is 5.75. The van der Waals surface area contributed by atoms with E-state index in [0.717, 1.165) is 6.42 Å². The summed E-state index contributed by atoms with van der Waals surface area (Å²) in [5.41, 5.74) is 0. The smallest absolute Gasteiger partial charge is 0.323 e. The Hall–Kier alpha value is -0.570. The lowest BCUT2D eigenvalue weighted by Crippen LogP contribution is -2.43. The molecule has 0 bridgehead atoms. The fraction of sp³-hybridized carbons (Fsp3) is 0.917. The zero-order chi connectivity index (χ0) is 12.0. The standard InChI is InChI=1S/C12H25NO2/c1-8(2)7-11(13-9(3)4)12(14)15-10(5)6/h8-11,13H,7H2,1-6H3/t11-/m0/s1. The Balaban J connectivity index is 4.27. The summed E-state index contributed by atoms with van der Waals surface area (Å²) in [6.45, 7) is 12.0. The molecular weight excluding hydrogens is 190 g/mol. The van der Waals surface area contributed by atoms with Crippen LogP contribution >= 0.6 is 0 Å². The van der Waals surface area contributed by atoms with E-state index in [1.165, 1.54) is 0 Å². The van der Waals surface area contributed by atoms with Crippen molar-refractivity contribution in [2.24, 2.45) is 5.92 Å². The summed E-state index contributed by atoms with van der Waals surface area (Å²) >= 11 is 0. The van der Waals surface area contributed by atoms with Gasteiger partial charge in [0.25, 0.3) is 0 Å². The quantitative estimate of drug-likeness (QED) is 0.691. The van der Waals surface area contributed by atoms with Crippen LogP contribution in [0.3, 0.4) is 0 Å². The van der Waals surface area contributed by atoms with Gasteiger partial charge in [0.2, 0.25) is 0 Å². The van der Waals surface area contributed by atoms with Gasteiger partial charge in [-0.25, -0.2) is 0 Å². The number of hydrogen-bond donors (Lipinski definition) is 1. The van der Waals surface area contributed by atoms with Crippen LogP contribution in [0.4, 0.5) is 0 Å². The molecule has 0 fully saturated rings. The number of hydrogen-bond acceptors (Lipinski definition) is 3. The van der Waals surface area contributed by atoms with Crippen molar-refractivity contribution in [3.05, 3.63) is 0 Å². The van der Waals surface area contributed by atoms with Crippen LogP contribution in [0.15, 0.2) is 0 Å². The Morgan fingerprint density at radius 1 is 1.13 bits per heavy atom. The number of nitrogens with one attached hydrogen (secondary N) is 1. The number of esters is 1. The average Bonchev–Trinajstić information content (AvgIpc) is 1.99. The third-order valence-electron chi connectivity index (χ3n) is 1.88. The van der Waals surface area contributed by atoms with Gasteiger partial charge < -0.3 is 10.1 Å². The molecule has 0 saturated carbocycles. The van der Waals surface area contributed by atoms with Gasteiger partial charge in [0.1, 0.15) is 6.04 Å². The molecule has 0 aromatic carbocycles. The molecule has 0 amide bonds. The van der Waals surface area contributed by atoms with Gasteiger partial charge in [-0.15, -0.1) is 0 Å². The molecule has 90 valence electrons. The van der Waals surface area contributed by atoms with E-state index in [2.05, 4.69) is 19.2 Å². The molecule has 0 aliphatic heterocycles. The molecule has 0 unspecified atom stereocenters. The monoisotopic (exact) mass is 215 g/mol. The maximum Gasteiger partial charge on any atom is 0.323 e. The Bertz CT molecular complexity index is 178. The molecule has 0 spiro atoms. The molecule has 15 heavy (non-hydrogen) atoms. The Kier molecular flexibility index (Phi) is 6.57. The molecule has 0 rings (SSSR count). The van der Waals surface area contributed by atoms with E-state index in [1.54, 1.807) is 0 Å². The summed E-state index contributed by atoms with van der Waals surface area (Å²) in [6, 6.07) is 0.126. The summed E-state index contributed by atoms with van der Waals surface area (Å²) < 4.78 is 5.21. The first-order chi connectivity index (χ1) is 6.82. The molecule has 0 aromatic rings. The molecule has 0 aromatic heterocycles. The van der Waals surface area contributed by atoms with Crippen molar-refractivity contribution < 1.29 is 9.53 Å². The lowest BCUT2D eigenvalue weighted by Gasteiger charge is -2.22. The molecule has 3 heteroatoms. The summed E-state index contributed by atoms with van der Waals surface area (Å²) in [4.78, 5) is 11.7. The van der Waals surface area contributed by atoms with Gasteiger partial charge in [0, 0.05) is 6.04 Å². The zero-order valence-corrected chi connectivity index (χ0v) is 10.8. The Morgan fingerprint density at radius 3 is 2.00 bits per heavy atom. The van der Waals surface area contributed by atoms with Crippen molar-refractivity contribution in [1.29, 1.82) is 0 Å². The van der Waals surface area contributed by atoms with Crippen LogP contribution in [0.2, 0.25) is 0 Å². The Labute approximate surface area is 93.6 Å². The molecule has 0 saturated heterocycles. The molecule has 0 heterocycles. The van der Waals surface area contributed by atoms with Crippen molar-refractivity contribution in [2.45, 2.75) is 66.2 Å². The van der Waals surface area contributed by atoms with Crippen molar-refractivity contribution in [3.63, 3.8) is 0 Å². The zero-order valence-electron chi connectivity index (χ0n) is 10.8. The van der Waals surface area contributed by atoms with Crippen LogP contribution in [0.1, 0.15) is 48.0 Å². The average molecular weight is 215 g/mol. The molecule has 0 radical (unpaired) electrons. The van der Waals surface area contributed by atoms with E-state index in [1.807, 2.05) is 27.7 Å². The van der Waals surface area contributed by atoms with Gasteiger partial charge in [0.15, 0.2) is 0 Å². The van der Waals surface area contributed by atoms with Gasteiger partial charge in [-0.1, -0.05) is 27.7 Å². The van der Waals surface area contributed by atoms with Crippen molar-refractivity contribution in [2.75, 3.05) is 0 Å². The van der Waals surface area contributed by atoms with Gasteiger partial charge in [0.05, 0.1) is 6.10 Å². The molecule has 1 atom stereocenters. The molecule has 3 nitrogen and oxygen atoms in total. The van der Waals surface area contributed by atoms with Crippen molar-refractivity contribution in [1.82, 2.24) is 5.32 Å². The maximum atomic E-state index is 11.7. The fourth-order valence-corrected chi connectivity index (χ4v) is 1.42. The first-order valence-electron chi connectivity index (χ1n) is 5.79. The lowest BCUT2D eigenvalue weighted by atomic mass is 10.0. The van der Waals surface area contributed by atoms with Crippen molar-refractivity contribution in [3.8, 4) is 0 Å². The van der Waals surface area contributed by atoms with E-state index in [4.69, 9.17) is 4.74 Å². The molecule has 0 aliphatic rings. The second-order valence-electron chi connectivity index (χ2n) is 4.99. The molecule has 1 N–H and O–H groups in total. The van der Waals surface area contributed by atoms with Crippen LogP contribution in [-0.4, -0.2) is 24.2 Å². The maximum absolute atomic E-state index is 11.7. The topological polar surface area (TPSA) is 38.3 Å². The number of ether oxygens (including phenoxy) is 1. The Morgan fingerprint density at radius 2 is 1.67 bits per heavy atom. The first-order valence-corrected chi connectivity index (χ1v) is 5.79. The summed E-state index contributed by atoms with van der Waals surface area (Å²) in [7, 11) is 0. The first kappa shape index (κ1) is 14.4. The summed E-state index contributed by atoms with van der Waals surface area (Å²) in [5.74, 6) is 0.355. The third-order valence-corrected chi connectivity index (χ3v) is 1.88. The largest absolute Gasteiger partial charge is 0.462 e. The predicted octanol–water partition coefficient (Wildman–Crippen LogP) is 2.35. The normalized spacial score (nSPS) is 13.7. The van der Waals surface area contributed by atoms with Gasteiger partial charge >= 0.3 is 5.97 Å². The highest BCUT2D eigenvalue weighted by atomic mass is 16.5. The van der Waals surface area contributed by atoms with E-state index in [-0.39, 0.29) is 18.1 Å². The number of carbonyl (C=O) groups excluding carboxylic acids is 1. The summed E-state index contributed by atoms with van der Waals surface area (Å²) in [6.07, 6.45) is 0.783. The highest BCUT2D eigenvalue weighted by Crippen LogP contribution is 2.08. The van der Waals surface area contributed by atoms with Crippen LogP contribution in [0.5, 0.6) is 0 Å². The second-order valence-corrected chi connectivity index (χ2v) is 4.99.